The summed E-state index contributed by atoms with van der Waals surface area (Å²) in [7, 11) is 0. The molecule has 3 aromatic rings. The van der Waals surface area contributed by atoms with Crippen molar-refractivity contribution >= 4 is 22.7 Å². The highest BCUT2D eigenvalue weighted by Gasteiger charge is 2.15. The summed E-state index contributed by atoms with van der Waals surface area (Å²) in [5.41, 5.74) is 5.58. The standard InChI is InChI=1S/C13H10N6O2/c20-12(10-7-14-5-6-15-10)18-19-13(21)11-8-3-1-2-4-9(8)16-17-11/h1-7H,(H,16,17)(H,18,20)(H,19,21). The van der Waals surface area contributed by atoms with Gasteiger partial charge in [-0.3, -0.25) is 30.5 Å². The number of aromatic amines is 1. The van der Waals surface area contributed by atoms with Gasteiger partial charge in [-0.25, -0.2) is 4.98 Å². The van der Waals surface area contributed by atoms with E-state index < -0.39 is 11.8 Å². The average molecular weight is 282 g/mol. The van der Waals surface area contributed by atoms with Crippen LogP contribution in [-0.2, 0) is 0 Å². The number of aromatic nitrogens is 4. The molecule has 3 rings (SSSR count). The van der Waals surface area contributed by atoms with Crippen molar-refractivity contribution in [2.45, 2.75) is 0 Å². The maximum atomic E-state index is 12.0. The predicted octanol–water partition coefficient (Wildman–Crippen LogP) is 0.428. The Balaban J connectivity index is 1.71. The number of rotatable bonds is 2. The van der Waals surface area contributed by atoms with Gasteiger partial charge in [-0.2, -0.15) is 5.10 Å². The minimum absolute atomic E-state index is 0.102. The van der Waals surface area contributed by atoms with Crippen LogP contribution in [0.15, 0.2) is 42.9 Å². The van der Waals surface area contributed by atoms with Crippen LogP contribution in [0.2, 0.25) is 0 Å². The van der Waals surface area contributed by atoms with Crippen molar-refractivity contribution in [3.63, 3.8) is 0 Å². The first-order chi connectivity index (χ1) is 10.3. The van der Waals surface area contributed by atoms with Crippen LogP contribution >= 0.6 is 0 Å². The zero-order valence-electron chi connectivity index (χ0n) is 10.7. The van der Waals surface area contributed by atoms with E-state index in [-0.39, 0.29) is 11.4 Å². The Kier molecular flexibility index (Phi) is 3.26. The second-order valence-electron chi connectivity index (χ2n) is 4.12. The number of hydrogen-bond acceptors (Lipinski definition) is 5. The highest BCUT2D eigenvalue weighted by atomic mass is 16.2. The van der Waals surface area contributed by atoms with Crippen LogP contribution in [-0.4, -0.2) is 32.0 Å². The molecule has 3 N–H and O–H groups in total. The number of nitrogens with zero attached hydrogens (tertiary/aromatic N) is 3. The van der Waals surface area contributed by atoms with Gasteiger partial charge >= 0.3 is 0 Å². The Labute approximate surface area is 118 Å². The summed E-state index contributed by atoms with van der Waals surface area (Å²) in [6.07, 6.45) is 4.13. The summed E-state index contributed by atoms with van der Waals surface area (Å²) in [6.45, 7) is 0. The van der Waals surface area contributed by atoms with Crippen molar-refractivity contribution in [3.8, 4) is 0 Å². The number of carbonyl (C=O) groups excluding carboxylic acids is 2. The van der Waals surface area contributed by atoms with E-state index in [0.29, 0.717) is 5.39 Å². The predicted molar refractivity (Wildman–Crippen MR) is 73.1 cm³/mol. The van der Waals surface area contributed by atoms with Gasteiger partial charge in [-0.05, 0) is 6.07 Å². The monoisotopic (exact) mass is 282 g/mol. The summed E-state index contributed by atoms with van der Waals surface area (Å²) < 4.78 is 0. The van der Waals surface area contributed by atoms with Crippen molar-refractivity contribution in [1.29, 1.82) is 0 Å². The molecule has 0 fully saturated rings. The van der Waals surface area contributed by atoms with E-state index in [9.17, 15) is 9.59 Å². The maximum Gasteiger partial charge on any atom is 0.290 e. The van der Waals surface area contributed by atoms with Crippen molar-refractivity contribution in [2.24, 2.45) is 0 Å². The third-order valence-corrected chi connectivity index (χ3v) is 2.77. The number of H-pyrrole nitrogens is 1. The molecular formula is C13H10N6O2. The SMILES string of the molecule is O=C(NNC(=O)c1n[nH]c2ccccc12)c1cnccn1. The van der Waals surface area contributed by atoms with Crippen molar-refractivity contribution < 1.29 is 9.59 Å². The molecule has 0 aliphatic rings. The fourth-order valence-corrected chi connectivity index (χ4v) is 1.79. The molecule has 2 aromatic heterocycles. The smallest absolute Gasteiger partial charge is 0.277 e. The van der Waals surface area contributed by atoms with Crippen molar-refractivity contribution in [1.82, 2.24) is 31.0 Å². The second-order valence-corrected chi connectivity index (χ2v) is 4.12. The molecule has 21 heavy (non-hydrogen) atoms. The van der Waals surface area contributed by atoms with E-state index in [1.54, 1.807) is 18.2 Å². The van der Waals surface area contributed by atoms with Gasteiger partial charge in [-0.1, -0.05) is 18.2 Å². The van der Waals surface area contributed by atoms with Crippen LogP contribution in [0.5, 0.6) is 0 Å². The molecule has 0 saturated heterocycles. The lowest BCUT2D eigenvalue weighted by molar-refractivity contribution is 0.0842. The molecule has 0 radical (unpaired) electrons. The van der Waals surface area contributed by atoms with Gasteiger partial charge in [0.1, 0.15) is 5.69 Å². The van der Waals surface area contributed by atoms with E-state index in [1.807, 2.05) is 6.07 Å². The van der Waals surface area contributed by atoms with Gasteiger partial charge in [-0.15, -0.1) is 0 Å². The number of hydrogen-bond donors (Lipinski definition) is 3. The third kappa shape index (κ3) is 2.54. The fourth-order valence-electron chi connectivity index (χ4n) is 1.79. The lowest BCUT2D eigenvalue weighted by Crippen LogP contribution is -2.42. The maximum absolute atomic E-state index is 12.0. The Bertz CT molecular complexity index is 799. The topological polar surface area (TPSA) is 113 Å². The van der Waals surface area contributed by atoms with E-state index in [2.05, 4.69) is 31.0 Å². The molecule has 104 valence electrons. The molecule has 1 aromatic carbocycles. The highest BCUT2D eigenvalue weighted by molar-refractivity contribution is 6.05. The molecule has 2 heterocycles. The van der Waals surface area contributed by atoms with E-state index >= 15 is 0 Å². The molecule has 0 unspecified atom stereocenters. The van der Waals surface area contributed by atoms with Gasteiger partial charge in [0.05, 0.1) is 11.7 Å². The molecule has 8 nitrogen and oxygen atoms in total. The third-order valence-electron chi connectivity index (χ3n) is 2.77. The lowest BCUT2D eigenvalue weighted by Gasteiger charge is -2.05. The summed E-state index contributed by atoms with van der Waals surface area (Å²) in [6, 6.07) is 7.19. The zero-order chi connectivity index (χ0) is 14.7. The Morgan fingerprint density at radius 3 is 2.67 bits per heavy atom. The van der Waals surface area contributed by atoms with E-state index in [4.69, 9.17) is 0 Å². The normalized spacial score (nSPS) is 10.3. The van der Waals surface area contributed by atoms with Crippen molar-refractivity contribution in [3.05, 3.63) is 54.2 Å². The highest BCUT2D eigenvalue weighted by Crippen LogP contribution is 2.14. The molecule has 0 atom stereocenters. The Morgan fingerprint density at radius 1 is 1.05 bits per heavy atom. The second kappa shape index (κ2) is 5.37. The van der Waals surface area contributed by atoms with Crippen LogP contribution in [0.1, 0.15) is 21.0 Å². The van der Waals surface area contributed by atoms with Gasteiger partial charge in [0.25, 0.3) is 11.8 Å². The first-order valence-corrected chi connectivity index (χ1v) is 6.05. The molecule has 0 spiro atoms. The number of para-hydroxylation sites is 1. The summed E-state index contributed by atoms with van der Waals surface area (Å²) in [5.74, 6) is -1.08. The number of benzene rings is 1. The van der Waals surface area contributed by atoms with Crippen LogP contribution in [0.25, 0.3) is 10.9 Å². The van der Waals surface area contributed by atoms with Gasteiger partial charge in [0.15, 0.2) is 5.69 Å². The minimum atomic E-state index is -0.559. The summed E-state index contributed by atoms with van der Waals surface area (Å²) >= 11 is 0. The van der Waals surface area contributed by atoms with Gasteiger partial charge < -0.3 is 0 Å². The quantitative estimate of drug-likeness (QED) is 0.590. The number of carbonyl (C=O) groups is 2. The Morgan fingerprint density at radius 2 is 1.86 bits per heavy atom. The minimum Gasteiger partial charge on any atom is -0.277 e. The molecule has 0 bridgehead atoms. The average Bonchev–Trinajstić information content (AvgIpc) is 2.97. The van der Waals surface area contributed by atoms with Crippen LogP contribution in [0.4, 0.5) is 0 Å². The molecule has 0 saturated carbocycles. The number of nitrogens with one attached hydrogen (secondary N) is 3. The lowest BCUT2D eigenvalue weighted by atomic mass is 10.2. The number of hydrazine groups is 1. The number of fused-ring (bicyclic) bond motifs is 1. The van der Waals surface area contributed by atoms with Gasteiger partial charge in [0.2, 0.25) is 0 Å². The molecule has 0 aliphatic carbocycles. The fraction of sp³-hybridized carbons (Fsp3) is 0. The summed E-state index contributed by atoms with van der Waals surface area (Å²) in [4.78, 5) is 31.3. The largest absolute Gasteiger partial charge is 0.290 e. The van der Waals surface area contributed by atoms with Crippen LogP contribution in [0, 0.1) is 0 Å². The zero-order valence-corrected chi connectivity index (χ0v) is 10.7. The van der Waals surface area contributed by atoms with Crippen LogP contribution < -0.4 is 10.9 Å². The van der Waals surface area contributed by atoms with E-state index in [1.165, 1.54) is 18.6 Å². The molecule has 0 aliphatic heterocycles. The van der Waals surface area contributed by atoms with Crippen LogP contribution in [0.3, 0.4) is 0 Å². The first kappa shape index (κ1) is 12.7. The Hall–Kier alpha value is -3.29. The summed E-state index contributed by atoms with van der Waals surface area (Å²) in [5, 5.41) is 7.34. The van der Waals surface area contributed by atoms with Gasteiger partial charge in [0, 0.05) is 17.8 Å². The van der Waals surface area contributed by atoms with Crippen molar-refractivity contribution in [2.75, 3.05) is 0 Å². The van der Waals surface area contributed by atoms with E-state index in [0.717, 1.165) is 5.52 Å². The molecular weight excluding hydrogens is 272 g/mol. The molecule has 8 heteroatoms. The first-order valence-electron chi connectivity index (χ1n) is 6.05. The number of amides is 2. The molecule has 2 amide bonds.